The van der Waals surface area contributed by atoms with E-state index in [1.807, 2.05) is 24.4 Å². The van der Waals surface area contributed by atoms with Crippen molar-refractivity contribution in [2.24, 2.45) is 11.8 Å². The number of nitrogens with zero attached hydrogens (tertiary/aromatic N) is 3. The summed E-state index contributed by atoms with van der Waals surface area (Å²) in [5, 5.41) is 4.61. The molecule has 142 valence electrons. The molecule has 27 heavy (non-hydrogen) atoms. The van der Waals surface area contributed by atoms with Gasteiger partial charge in [0.1, 0.15) is 23.5 Å². The van der Waals surface area contributed by atoms with Crippen molar-refractivity contribution in [3.8, 4) is 5.75 Å². The van der Waals surface area contributed by atoms with Crippen LogP contribution >= 0.6 is 0 Å². The van der Waals surface area contributed by atoms with Crippen molar-refractivity contribution in [1.82, 2.24) is 19.9 Å². The van der Waals surface area contributed by atoms with E-state index in [4.69, 9.17) is 4.74 Å². The third kappa shape index (κ3) is 4.06. The lowest BCUT2D eigenvalue weighted by Gasteiger charge is -2.37. The van der Waals surface area contributed by atoms with Crippen LogP contribution in [0, 0.1) is 11.8 Å². The van der Waals surface area contributed by atoms with Crippen LogP contribution < -0.4 is 10.1 Å². The summed E-state index contributed by atoms with van der Waals surface area (Å²) in [4.78, 5) is 14.4. The van der Waals surface area contributed by atoms with E-state index in [9.17, 15) is 0 Å². The predicted octanol–water partition coefficient (Wildman–Crippen LogP) is 3.54. The van der Waals surface area contributed by atoms with Gasteiger partial charge in [-0.3, -0.25) is 4.90 Å². The molecule has 0 radical (unpaired) electrons. The molecule has 2 atom stereocenters. The topological polar surface area (TPSA) is 66.1 Å². The zero-order valence-electron chi connectivity index (χ0n) is 16.0. The summed E-state index contributed by atoms with van der Waals surface area (Å²) in [6.07, 6.45) is 4.75. The van der Waals surface area contributed by atoms with E-state index < -0.39 is 0 Å². The van der Waals surface area contributed by atoms with E-state index in [1.54, 1.807) is 13.4 Å². The Bertz CT molecular complexity index is 876. The number of methoxy groups -OCH3 is 1. The number of aromatic amines is 1. The molecule has 0 amide bonds. The molecule has 2 N–H and O–H groups in total. The lowest BCUT2D eigenvalue weighted by atomic mass is 9.86. The third-order valence-corrected chi connectivity index (χ3v) is 5.65. The Kier molecular flexibility index (Phi) is 5.25. The second-order valence-electron chi connectivity index (χ2n) is 7.45. The van der Waals surface area contributed by atoms with Crippen molar-refractivity contribution in [3.63, 3.8) is 0 Å². The molecular weight excluding hydrogens is 338 g/mol. The first-order valence-corrected chi connectivity index (χ1v) is 9.60. The molecule has 3 aromatic rings. The predicted molar refractivity (Wildman–Crippen MR) is 108 cm³/mol. The maximum absolute atomic E-state index is 5.25. The normalized spacial score (nSPS) is 20.7. The number of ether oxygens (including phenoxy) is 1. The van der Waals surface area contributed by atoms with Gasteiger partial charge < -0.3 is 15.0 Å². The average molecular weight is 365 g/mol. The van der Waals surface area contributed by atoms with E-state index in [1.165, 1.54) is 12.0 Å². The number of benzene rings is 1. The van der Waals surface area contributed by atoms with Gasteiger partial charge in [0.05, 0.1) is 12.5 Å². The Morgan fingerprint density at radius 2 is 2.07 bits per heavy atom. The summed E-state index contributed by atoms with van der Waals surface area (Å²) in [6.45, 7) is 6.53. The van der Waals surface area contributed by atoms with Crippen molar-refractivity contribution < 1.29 is 4.74 Å². The number of hydrogen-bond donors (Lipinski definition) is 2. The smallest absolute Gasteiger partial charge is 0.142 e. The Morgan fingerprint density at radius 1 is 1.22 bits per heavy atom. The van der Waals surface area contributed by atoms with E-state index in [0.717, 1.165) is 48.8 Å². The van der Waals surface area contributed by atoms with Gasteiger partial charge in [0, 0.05) is 25.8 Å². The highest BCUT2D eigenvalue weighted by molar-refractivity contribution is 5.86. The van der Waals surface area contributed by atoms with Gasteiger partial charge in [-0.1, -0.05) is 19.1 Å². The van der Waals surface area contributed by atoms with E-state index in [2.05, 4.69) is 44.2 Å². The Labute approximate surface area is 160 Å². The Hall–Kier alpha value is -2.60. The SMILES string of the molecule is COc1ccc(CN2CCC(C)C(CNc3ncnc4[nH]ccc34)C2)cc1. The molecular formula is C21H27N5O. The number of aromatic nitrogens is 3. The van der Waals surface area contributed by atoms with Crippen molar-refractivity contribution >= 4 is 16.9 Å². The van der Waals surface area contributed by atoms with Crippen LogP contribution in [0.1, 0.15) is 18.9 Å². The van der Waals surface area contributed by atoms with Gasteiger partial charge >= 0.3 is 0 Å². The Morgan fingerprint density at radius 3 is 2.89 bits per heavy atom. The second-order valence-corrected chi connectivity index (χ2v) is 7.45. The summed E-state index contributed by atoms with van der Waals surface area (Å²) in [5.74, 6) is 3.13. The minimum Gasteiger partial charge on any atom is -0.497 e. The van der Waals surface area contributed by atoms with Crippen molar-refractivity contribution in [2.75, 3.05) is 32.1 Å². The summed E-state index contributed by atoms with van der Waals surface area (Å²) >= 11 is 0. The third-order valence-electron chi connectivity index (χ3n) is 5.65. The van der Waals surface area contributed by atoms with E-state index in [-0.39, 0.29) is 0 Å². The summed E-state index contributed by atoms with van der Waals surface area (Å²) in [6, 6.07) is 10.4. The van der Waals surface area contributed by atoms with Gasteiger partial charge in [0.2, 0.25) is 0 Å². The number of rotatable bonds is 6. The number of piperidine rings is 1. The zero-order valence-corrected chi connectivity index (χ0v) is 16.0. The van der Waals surface area contributed by atoms with Crippen LogP contribution in [0.5, 0.6) is 5.75 Å². The molecule has 3 heterocycles. The molecule has 6 nitrogen and oxygen atoms in total. The minimum atomic E-state index is 0.598. The second kappa shape index (κ2) is 7.96. The molecule has 0 bridgehead atoms. The highest BCUT2D eigenvalue weighted by atomic mass is 16.5. The maximum atomic E-state index is 5.25. The van der Waals surface area contributed by atoms with Gasteiger partial charge in [0.25, 0.3) is 0 Å². The van der Waals surface area contributed by atoms with Crippen molar-refractivity contribution in [1.29, 1.82) is 0 Å². The first-order valence-electron chi connectivity index (χ1n) is 9.60. The number of fused-ring (bicyclic) bond motifs is 1. The fourth-order valence-electron chi connectivity index (χ4n) is 3.86. The molecule has 1 aromatic carbocycles. The van der Waals surface area contributed by atoms with Crippen LogP contribution in [0.3, 0.4) is 0 Å². The minimum absolute atomic E-state index is 0.598. The summed E-state index contributed by atoms with van der Waals surface area (Å²) in [7, 11) is 1.71. The molecule has 1 aliphatic rings. The molecule has 0 spiro atoms. The number of nitrogens with one attached hydrogen (secondary N) is 2. The van der Waals surface area contributed by atoms with Crippen molar-refractivity contribution in [3.05, 3.63) is 48.4 Å². The quantitative estimate of drug-likeness (QED) is 0.699. The molecule has 2 aromatic heterocycles. The van der Waals surface area contributed by atoms with Crippen LogP contribution in [-0.2, 0) is 6.54 Å². The number of anilines is 1. The van der Waals surface area contributed by atoms with Crippen LogP contribution in [0.4, 0.5) is 5.82 Å². The molecule has 1 aliphatic heterocycles. The molecule has 4 rings (SSSR count). The molecule has 0 saturated carbocycles. The summed E-state index contributed by atoms with van der Waals surface area (Å²) in [5.41, 5.74) is 2.22. The standard InChI is InChI=1S/C21H27N5O/c1-15-8-10-26(12-16-3-5-18(27-2)6-4-16)13-17(15)11-23-21-19-7-9-22-20(19)24-14-25-21/h3-7,9,14-15,17H,8,10-13H2,1-2H3,(H2,22,23,24,25). The number of likely N-dealkylation sites (tertiary alicyclic amines) is 1. The van der Waals surface area contributed by atoms with Gasteiger partial charge in [-0.05, 0) is 48.6 Å². The largest absolute Gasteiger partial charge is 0.497 e. The highest BCUT2D eigenvalue weighted by Gasteiger charge is 2.26. The fraction of sp³-hybridized carbons (Fsp3) is 0.429. The molecule has 2 unspecified atom stereocenters. The molecule has 0 aliphatic carbocycles. The number of hydrogen-bond acceptors (Lipinski definition) is 5. The summed E-state index contributed by atoms with van der Waals surface area (Å²) < 4.78 is 5.25. The monoisotopic (exact) mass is 365 g/mol. The zero-order chi connectivity index (χ0) is 18.6. The lowest BCUT2D eigenvalue weighted by Crippen LogP contribution is -2.41. The van der Waals surface area contributed by atoms with Crippen LogP contribution in [-0.4, -0.2) is 46.6 Å². The first-order chi connectivity index (χ1) is 13.2. The van der Waals surface area contributed by atoms with Crippen molar-refractivity contribution in [2.45, 2.75) is 19.9 Å². The Balaban J connectivity index is 1.37. The van der Waals surface area contributed by atoms with Crippen LogP contribution in [0.15, 0.2) is 42.9 Å². The maximum Gasteiger partial charge on any atom is 0.142 e. The first kappa shape index (κ1) is 17.8. The van der Waals surface area contributed by atoms with E-state index >= 15 is 0 Å². The van der Waals surface area contributed by atoms with Crippen LogP contribution in [0.2, 0.25) is 0 Å². The van der Waals surface area contributed by atoms with Gasteiger partial charge in [-0.2, -0.15) is 0 Å². The number of H-pyrrole nitrogens is 1. The van der Waals surface area contributed by atoms with Gasteiger partial charge in [0.15, 0.2) is 0 Å². The fourth-order valence-corrected chi connectivity index (χ4v) is 3.86. The van der Waals surface area contributed by atoms with Gasteiger partial charge in [-0.15, -0.1) is 0 Å². The highest BCUT2D eigenvalue weighted by Crippen LogP contribution is 2.26. The van der Waals surface area contributed by atoms with Gasteiger partial charge in [-0.25, -0.2) is 9.97 Å². The molecule has 1 fully saturated rings. The van der Waals surface area contributed by atoms with E-state index in [0.29, 0.717) is 11.8 Å². The lowest BCUT2D eigenvalue weighted by molar-refractivity contribution is 0.128. The molecule has 1 saturated heterocycles. The average Bonchev–Trinajstić information content (AvgIpc) is 3.18. The molecule has 6 heteroatoms. The van der Waals surface area contributed by atoms with Crippen LogP contribution in [0.25, 0.3) is 11.0 Å².